The normalized spacial score (nSPS) is 16.9. The Balaban J connectivity index is 1.60. The highest BCUT2D eigenvalue weighted by molar-refractivity contribution is 5.85. The maximum atomic E-state index is 13.2. The molecular weight excluding hydrogens is 428 g/mol. The third-order valence-electron chi connectivity index (χ3n) is 7.08. The summed E-state index contributed by atoms with van der Waals surface area (Å²) >= 11 is 0. The number of carbonyl (C=O) groups is 2. The van der Waals surface area contributed by atoms with Crippen LogP contribution in [0.15, 0.2) is 78.9 Å². The Kier molecular flexibility index (Phi) is 6.22. The maximum absolute atomic E-state index is 13.2. The highest BCUT2D eigenvalue weighted by Gasteiger charge is 2.69. The van der Waals surface area contributed by atoms with Crippen LogP contribution in [-0.2, 0) is 14.3 Å². The van der Waals surface area contributed by atoms with Crippen molar-refractivity contribution in [2.45, 2.75) is 40.7 Å². The Morgan fingerprint density at radius 2 is 1.38 bits per heavy atom. The van der Waals surface area contributed by atoms with Gasteiger partial charge in [0.25, 0.3) is 0 Å². The van der Waals surface area contributed by atoms with Gasteiger partial charge in [0.15, 0.2) is 0 Å². The number of para-hydroxylation sites is 1. The molecule has 1 fully saturated rings. The summed E-state index contributed by atoms with van der Waals surface area (Å²) < 4.78 is 17.3. The lowest BCUT2D eigenvalue weighted by Gasteiger charge is -2.19. The van der Waals surface area contributed by atoms with E-state index in [0.29, 0.717) is 22.8 Å². The molecular formula is C29H30O5. The Morgan fingerprint density at radius 3 is 2.00 bits per heavy atom. The third-order valence-corrected chi connectivity index (χ3v) is 7.08. The van der Waals surface area contributed by atoms with Crippen LogP contribution < -0.4 is 9.47 Å². The largest absolute Gasteiger partial charge is 0.457 e. The molecule has 34 heavy (non-hydrogen) atoms. The van der Waals surface area contributed by atoms with Crippen molar-refractivity contribution in [2.75, 3.05) is 0 Å². The van der Waals surface area contributed by atoms with Crippen LogP contribution in [0.25, 0.3) is 0 Å². The lowest BCUT2D eigenvalue weighted by Crippen LogP contribution is -2.26. The van der Waals surface area contributed by atoms with Gasteiger partial charge in [0.2, 0.25) is 6.10 Å². The molecule has 176 valence electrons. The molecule has 0 N–H and O–H groups in total. The van der Waals surface area contributed by atoms with Crippen LogP contribution in [0.4, 0.5) is 0 Å². The molecule has 1 saturated carbocycles. The molecule has 0 aromatic heterocycles. The van der Waals surface area contributed by atoms with Crippen LogP contribution in [-0.4, -0.2) is 11.9 Å². The highest BCUT2D eigenvalue weighted by Crippen LogP contribution is 2.68. The first-order chi connectivity index (χ1) is 16.1. The molecule has 1 aliphatic carbocycles. The fourth-order valence-electron chi connectivity index (χ4n) is 4.36. The van der Waals surface area contributed by atoms with E-state index in [4.69, 9.17) is 14.2 Å². The zero-order chi connectivity index (χ0) is 24.5. The fourth-order valence-corrected chi connectivity index (χ4v) is 4.36. The van der Waals surface area contributed by atoms with Gasteiger partial charge < -0.3 is 14.2 Å². The number of esters is 2. The standard InChI is InChI=1S/C29H30O5/c1-19-14-16-22(17-15-19)33-26(30)24(34-27(31)25-28(2,3)29(25,4)5)20-10-9-13-23(18-20)32-21-11-7-6-8-12-21/h6-18,24-25H,1-5H3. The zero-order valence-corrected chi connectivity index (χ0v) is 20.2. The molecule has 5 nitrogen and oxygen atoms in total. The first-order valence-electron chi connectivity index (χ1n) is 11.4. The number of ether oxygens (including phenoxy) is 3. The topological polar surface area (TPSA) is 61.8 Å². The van der Waals surface area contributed by atoms with Gasteiger partial charge in [0.05, 0.1) is 5.92 Å². The van der Waals surface area contributed by atoms with Gasteiger partial charge in [-0.2, -0.15) is 0 Å². The first kappa shape index (κ1) is 23.6. The first-order valence-corrected chi connectivity index (χ1v) is 11.4. The molecule has 0 aliphatic heterocycles. The Labute approximate surface area is 200 Å². The molecule has 0 spiro atoms. The van der Waals surface area contributed by atoms with Gasteiger partial charge in [-0.05, 0) is 54.2 Å². The van der Waals surface area contributed by atoms with Crippen molar-refractivity contribution in [1.29, 1.82) is 0 Å². The second kappa shape index (κ2) is 8.98. The zero-order valence-electron chi connectivity index (χ0n) is 20.2. The fraction of sp³-hybridized carbons (Fsp3) is 0.310. The minimum atomic E-state index is -1.22. The predicted molar refractivity (Wildman–Crippen MR) is 130 cm³/mol. The second-order valence-corrected chi connectivity index (χ2v) is 9.92. The summed E-state index contributed by atoms with van der Waals surface area (Å²) in [5, 5.41) is 0. The lowest BCUT2D eigenvalue weighted by atomic mass is 10.0. The smallest absolute Gasteiger partial charge is 0.357 e. The summed E-state index contributed by atoms with van der Waals surface area (Å²) in [4.78, 5) is 26.4. The molecule has 3 aromatic carbocycles. The van der Waals surface area contributed by atoms with Crippen molar-refractivity contribution in [3.8, 4) is 17.2 Å². The van der Waals surface area contributed by atoms with Crippen LogP contribution in [0.3, 0.4) is 0 Å². The van der Waals surface area contributed by atoms with Crippen LogP contribution in [0, 0.1) is 23.7 Å². The average Bonchev–Trinajstić information content (AvgIpc) is 3.22. The van der Waals surface area contributed by atoms with Crippen molar-refractivity contribution >= 4 is 11.9 Å². The molecule has 1 aliphatic rings. The molecule has 1 unspecified atom stereocenters. The Morgan fingerprint density at radius 1 is 0.765 bits per heavy atom. The van der Waals surface area contributed by atoms with Gasteiger partial charge >= 0.3 is 11.9 Å². The van der Waals surface area contributed by atoms with Crippen LogP contribution in [0.5, 0.6) is 17.2 Å². The average molecular weight is 459 g/mol. The van der Waals surface area contributed by atoms with Gasteiger partial charge in [-0.15, -0.1) is 0 Å². The van der Waals surface area contributed by atoms with Gasteiger partial charge in [0.1, 0.15) is 17.2 Å². The molecule has 0 heterocycles. The molecule has 0 bridgehead atoms. The number of carbonyl (C=O) groups excluding carboxylic acids is 2. The highest BCUT2D eigenvalue weighted by atomic mass is 16.6. The summed E-state index contributed by atoms with van der Waals surface area (Å²) in [5.74, 6) is 0.205. The van der Waals surface area contributed by atoms with Crippen LogP contribution >= 0.6 is 0 Å². The van der Waals surface area contributed by atoms with E-state index in [0.717, 1.165) is 5.56 Å². The lowest BCUT2D eigenvalue weighted by molar-refractivity contribution is -0.165. The number of aryl methyl sites for hydroxylation is 1. The Bertz CT molecular complexity index is 1160. The van der Waals surface area contributed by atoms with Gasteiger partial charge in [-0.3, -0.25) is 4.79 Å². The quantitative estimate of drug-likeness (QED) is 0.293. The predicted octanol–water partition coefficient (Wildman–Crippen LogP) is 6.66. The van der Waals surface area contributed by atoms with Crippen molar-refractivity contribution < 1.29 is 23.8 Å². The van der Waals surface area contributed by atoms with Crippen molar-refractivity contribution in [2.24, 2.45) is 16.7 Å². The summed E-state index contributed by atoms with van der Waals surface area (Å²) in [5.41, 5.74) is 1.10. The van der Waals surface area contributed by atoms with Gasteiger partial charge in [0, 0.05) is 5.56 Å². The molecule has 0 saturated heterocycles. The van der Waals surface area contributed by atoms with E-state index in [1.807, 2.05) is 77.1 Å². The summed E-state index contributed by atoms with van der Waals surface area (Å²) in [6.07, 6.45) is -1.22. The maximum Gasteiger partial charge on any atom is 0.357 e. The molecule has 5 heteroatoms. The number of rotatable bonds is 7. The molecule has 3 aromatic rings. The summed E-state index contributed by atoms with van der Waals surface area (Å²) in [6, 6.07) is 23.5. The number of hydrogen-bond acceptors (Lipinski definition) is 5. The molecule has 0 amide bonds. The van der Waals surface area contributed by atoms with E-state index in [-0.39, 0.29) is 16.7 Å². The van der Waals surface area contributed by atoms with Gasteiger partial charge in [-0.25, -0.2) is 4.79 Å². The second-order valence-electron chi connectivity index (χ2n) is 9.92. The Hall–Kier alpha value is -3.60. The van der Waals surface area contributed by atoms with E-state index in [9.17, 15) is 9.59 Å². The monoisotopic (exact) mass is 458 g/mol. The molecule has 1 atom stereocenters. The van der Waals surface area contributed by atoms with Crippen molar-refractivity contribution in [3.05, 3.63) is 90.0 Å². The van der Waals surface area contributed by atoms with E-state index < -0.39 is 18.0 Å². The summed E-state index contributed by atoms with van der Waals surface area (Å²) in [6.45, 7) is 10.1. The van der Waals surface area contributed by atoms with Crippen molar-refractivity contribution in [1.82, 2.24) is 0 Å². The minimum absolute atomic E-state index is 0.215. The van der Waals surface area contributed by atoms with E-state index in [2.05, 4.69) is 0 Å². The third kappa shape index (κ3) is 4.69. The van der Waals surface area contributed by atoms with E-state index >= 15 is 0 Å². The number of benzene rings is 3. The van der Waals surface area contributed by atoms with Crippen molar-refractivity contribution in [3.63, 3.8) is 0 Å². The van der Waals surface area contributed by atoms with Crippen LogP contribution in [0.2, 0.25) is 0 Å². The molecule has 0 radical (unpaired) electrons. The van der Waals surface area contributed by atoms with E-state index in [1.54, 1.807) is 36.4 Å². The van der Waals surface area contributed by atoms with Crippen LogP contribution in [0.1, 0.15) is 44.9 Å². The summed E-state index contributed by atoms with van der Waals surface area (Å²) in [7, 11) is 0. The number of hydrogen-bond donors (Lipinski definition) is 0. The SMILES string of the molecule is Cc1ccc(OC(=O)C(OC(=O)C2C(C)(C)C2(C)C)c2cccc(Oc3ccccc3)c2)cc1. The molecule has 4 rings (SSSR count). The van der Waals surface area contributed by atoms with E-state index in [1.165, 1.54) is 0 Å². The minimum Gasteiger partial charge on any atom is -0.457 e. The van der Waals surface area contributed by atoms with Gasteiger partial charge in [-0.1, -0.05) is 75.7 Å².